The standard InChI is InChI=1S/C30H52O3/c1-7-9-15-20-30(6,32)21-16-18-24(3)17-13-11-12-14-19-27-23-28(31)25(4)26(5)29(27)33-22-10-8-2/h11-12,18,23,28-29,31-32H,7-10,13-17,19-22H2,1-6H3. The van der Waals surface area contributed by atoms with Gasteiger partial charge in [0.25, 0.3) is 0 Å². The molecule has 0 amide bonds. The first-order valence-corrected chi connectivity index (χ1v) is 13.4. The van der Waals surface area contributed by atoms with Gasteiger partial charge in [-0.2, -0.15) is 0 Å². The van der Waals surface area contributed by atoms with Crippen LogP contribution in [-0.2, 0) is 4.74 Å². The van der Waals surface area contributed by atoms with Crippen LogP contribution < -0.4 is 0 Å². The van der Waals surface area contributed by atoms with Crippen LogP contribution in [0.4, 0.5) is 0 Å². The second kappa shape index (κ2) is 16.5. The van der Waals surface area contributed by atoms with Gasteiger partial charge in [0.05, 0.1) is 17.8 Å². The van der Waals surface area contributed by atoms with E-state index < -0.39 is 11.7 Å². The average Bonchev–Trinajstić information content (AvgIpc) is 2.76. The summed E-state index contributed by atoms with van der Waals surface area (Å²) < 4.78 is 6.18. The van der Waals surface area contributed by atoms with Gasteiger partial charge in [0.15, 0.2) is 0 Å². The summed E-state index contributed by atoms with van der Waals surface area (Å²) in [5.41, 5.74) is 4.29. The summed E-state index contributed by atoms with van der Waals surface area (Å²) in [6.07, 6.45) is 20.8. The van der Waals surface area contributed by atoms with Crippen LogP contribution in [0, 0.1) is 0 Å². The summed E-state index contributed by atoms with van der Waals surface area (Å²) in [7, 11) is 0. The molecule has 0 fully saturated rings. The molecule has 3 heteroatoms. The van der Waals surface area contributed by atoms with Crippen molar-refractivity contribution in [1.82, 2.24) is 0 Å². The normalized spacial score (nSPS) is 21.6. The second-order valence-corrected chi connectivity index (χ2v) is 10.2. The summed E-state index contributed by atoms with van der Waals surface area (Å²) in [6, 6.07) is 0. The lowest BCUT2D eigenvalue weighted by molar-refractivity contribution is 0.0403. The molecule has 3 atom stereocenters. The molecule has 0 aliphatic heterocycles. The first kappa shape index (κ1) is 29.9. The molecule has 0 aromatic heterocycles. The number of hydrogen-bond acceptors (Lipinski definition) is 3. The Bertz CT molecular complexity index is 666. The van der Waals surface area contributed by atoms with Gasteiger partial charge in [0, 0.05) is 6.61 Å². The Morgan fingerprint density at radius 2 is 1.70 bits per heavy atom. The largest absolute Gasteiger partial charge is 0.390 e. The third-order valence-electron chi connectivity index (χ3n) is 6.92. The fraction of sp³-hybridized carbons (Fsp3) is 0.733. The van der Waals surface area contributed by atoms with Gasteiger partial charge < -0.3 is 14.9 Å². The highest BCUT2D eigenvalue weighted by Gasteiger charge is 2.25. The van der Waals surface area contributed by atoms with Crippen LogP contribution in [0.3, 0.4) is 0 Å². The maximum atomic E-state index is 10.5. The van der Waals surface area contributed by atoms with Crippen molar-refractivity contribution in [1.29, 1.82) is 0 Å². The maximum Gasteiger partial charge on any atom is 0.0997 e. The van der Waals surface area contributed by atoms with Crippen molar-refractivity contribution in [2.24, 2.45) is 0 Å². The van der Waals surface area contributed by atoms with Crippen molar-refractivity contribution in [2.75, 3.05) is 6.61 Å². The molecule has 33 heavy (non-hydrogen) atoms. The van der Waals surface area contributed by atoms with Crippen LogP contribution in [0.1, 0.15) is 119 Å². The van der Waals surface area contributed by atoms with E-state index in [1.165, 1.54) is 29.6 Å². The van der Waals surface area contributed by atoms with Crippen molar-refractivity contribution in [2.45, 2.75) is 136 Å². The summed E-state index contributed by atoms with van der Waals surface area (Å²) >= 11 is 0. The Kier molecular flexibility index (Phi) is 14.9. The van der Waals surface area contributed by atoms with E-state index in [9.17, 15) is 10.2 Å². The molecule has 3 unspecified atom stereocenters. The van der Waals surface area contributed by atoms with Crippen LogP contribution >= 0.6 is 0 Å². The van der Waals surface area contributed by atoms with Crippen LogP contribution in [-0.4, -0.2) is 34.6 Å². The highest BCUT2D eigenvalue weighted by Crippen LogP contribution is 2.30. The van der Waals surface area contributed by atoms with E-state index in [1.807, 2.05) is 19.9 Å². The minimum Gasteiger partial charge on any atom is -0.390 e. The van der Waals surface area contributed by atoms with E-state index in [2.05, 4.69) is 45.9 Å². The molecule has 190 valence electrons. The van der Waals surface area contributed by atoms with E-state index in [4.69, 9.17) is 4.74 Å². The molecule has 0 bridgehead atoms. The van der Waals surface area contributed by atoms with Crippen molar-refractivity contribution in [3.8, 4) is 0 Å². The SMILES string of the molecule is CCCCCC(C)(O)CCC=C(C)CCC=CCCC1=CC(O)C(C)=C(C)C1OCCCC. The van der Waals surface area contributed by atoms with Crippen LogP contribution in [0.5, 0.6) is 0 Å². The topological polar surface area (TPSA) is 49.7 Å². The van der Waals surface area contributed by atoms with Crippen molar-refractivity contribution in [3.63, 3.8) is 0 Å². The molecule has 2 N–H and O–H groups in total. The van der Waals surface area contributed by atoms with Gasteiger partial charge in [-0.05, 0) is 102 Å². The van der Waals surface area contributed by atoms with E-state index in [0.717, 1.165) is 76.4 Å². The molecule has 0 aromatic rings. The maximum absolute atomic E-state index is 10.5. The molecule has 0 heterocycles. The summed E-state index contributed by atoms with van der Waals surface area (Å²) in [5.74, 6) is 0. The van der Waals surface area contributed by atoms with Crippen LogP contribution in [0.2, 0.25) is 0 Å². The summed E-state index contributed by atoms with van der Waals surface area (Å²) in [6.45, 7) is 13.4. The van der Waals surface area contributed by atoms with Crippen molar-refractivity contribution in [3.05, 3.63) is 46.6 Å². The molecular weight excluding hydrogens is 408 g/mol. The van der Waals surface area contributed by atoms with Crippen molar-refractivity contribution >= 4 is 0 Å². The van der Waals surface area contributed by atoms with Gasteiger partial charge in [-0.25, -0.2) is 0 Å². The smallest absolute Gasteiger partial charge is 0.0997 e. The Balaban J connectivity index is 2.38. The van der Waals surface area contributed by atoms with Gasteiger partial charge >= 0.3 is 0 Å². The molecule has 1 aliphatic rings. The summed E-state index contributed by atoms with van der Waals surface area (Å²) in [4.78, 5) is 0. The first-order chi connectivity index (χ1) is 15.7. The number of aliphatic hydroxyl groups is 2. The third kappa shape index (κ3) is 12.2. The molecule has 0 spiro atoms. The van der Waals surface area contributed by atoms with Gasteiger partial charge in [0.2, 0.25) is 0 Å². The minimum atomic E-state index is -0.530. The number of hydrogen-bond donors (Lipinski definition) is 2. The molecule has 0 aromatic carbocycles. The van der Waals surface area contributed by atoms with Crippen LogP contribution in [0.25, 0.3) is 0 Å². The molecule has 3 nitrogen and oxygen atoms in total. The number of allylic oxidation sites excluding steroid dienone is 4. The first-order valence-electron chi connectivity index (χ1n) is 13.4. The Morgan fingerprint density at radius 1 is 1.00 bits per heavy atom. The van der Waals surface area contributed by atoms with Crippen molar-refractivity contribution < 1.29 is 14.9 Å². The van der Waals surface area contributed by atoms with Gasteiger partial charge in [0.1, 0.15) is 0 Å². The predicted molar refractivity (Wildman–Crippen MR) is 142 cm³/mol. The monoisotopic (exact) mass is 460 g/mol. The van der Waals surface area contributed by atoms with E-state index >= 15 is 0 Å². The zero-order chi connectivity index (χ0) is 24.7. The number of aliphatic hydroxyl groups excluding tert-OH is 1. The zero-order valence-electron chi connectivity index (χ0n) is 22.5. The highest BCUT2D eigenvalue weighted by molar-refractivity contribution is 5.36. The number of ether oxygens (including phenoxy) is 1. The molecule has 1 aliphatic carbocycles. The molecule has 1 rings (SSSR count). The summed E-state index contributed by atoms with van der Waals surface area (Å²) in [5, 5.41) is 20.8. The molecule has 0 radical (unpaired) electrons. The van der Waals surface area contributed by atoms with Gasteiger partial charge in [-0.15, -0.1) is 0 Å². The zero-order valence-corrected chi connectivity index (χ0v) is 22.5. The lowest BCUT2D eigenvalue weighted by Gasteiger charge is -2.29. The minimum absolute atomic E-state index is 0.0257. The second-order valence-electron chi connectivity index (χ2n) is 10.2. The van der Waals surface area contributed by atoms with E-state index in [1.54, 1.807) is 0 Å². The number of unbranched alkanes of at least 4 members (excludes halogenated alkanes) is 3. The van der Waals surface area contributed by atoms with E-state index in [-0.39, 0.29) is 6.10 Å². The van der Waals surface area contributed by atoms with E-state index in [0.29, 0.717) is 0 Å². The van der Waals surface area contributed by atoms with Crippen LogP contribution in [0.15, 0.2) is 46.6 Å². The Morgan fingerprint density at radius 3 is 2.39 bits per heavy atom. The molecule has 0 saturated carbocycles. The average molecular weight is 461 g/mol. The Labute approximate surface area is 204 Å². The Hall–Kier alpha value is -1.16. The van der Waals surface area contributed by atoms with Gasteiger partial charge in [-0.1, -0.05) is 63.3 Å². The van der Waals surface area contributed by atoms with Gasteiger partial charge in [-0.3, -0.25) is 0 Å². The number of rotatable bonds is 17. The molecule has 0 saturated heterocycles. The predicted octanol–water partition coefficient (Wildman–Crippen LogP) is 7.98. The quantitative estimate of drug-likeness (QED) is 0.171. The third-order valence-corrected chi connectivity index (χ3v) is 6.92. The lowest BCUT2D eigenvalue weighted by Crippen LogP contribution is -2.27. The fourth-order valence-electron chi connectivity index (χ4n) is 4.33. The molecular formula is C30H52O3. The lowest BCUT2D eigenvalue weighted by atomic mass is 9.86. The fourth-order valence-corrected chi connectivity index (χ4v) is 4.33. The highest BCUT2D eigenvalue weighted by atomic mass is 16.5.